The number of ether oxygens (including phenoxy) is 2. The molecule has 0 saturated carbocycles. The zero-order valence-corrected chi connectivity index (χ0v) is 24.3. The van der Waals surface area contributed by atoms with Gasteiger partial charge in [-0.2, -0.15) is 0 Å². The van der Waals surface area contributed by atoms with Gasteiger partial charge >= 0.3 is 11.9 Å². The van der Waals surface area contributed by atoms with E-state index in [9.17, 15) is 19.7 Å². The van der Waals surface area contributed by atoms with Gasteiger partial charge in [0.25, 0.3) is 5.69 Å². The Balaban J connectivity index is 1.64. The molecule has 41 heavy (non-hydrogen) atoms. The molecule has 4 rings (SSSR count). The number of benzene rings is 2. The van der Waals surface area contributed by atoms with E-state index in [1.165, 1.54) is 42.2 Å². The molecule has 0 amide bonds. The maximum atomic E-state index is 14.0. The molecular formula is C31H33N3O6S. The van der Waals surface area contributed by atoms with Crippen LogP contribution in [0.5, 0.6) is 0 Å². The number of rotatable bonds is 11. The van der Waals surface area contributed by atoms with E-state index in [4.69, 9.17) is 9.47 Å². The monoisotopic (exact) mass is 575 g/mol. The second kappa shape index (κ2) is 13.4. The van der Waals surface area contributed by atoms with Gasteiger partial charge in [0.05, 0.1) is 29.1 Å². The van der Waals surface area contributed by atoms with Crippen LogP contribution in [-0.4, -0.2) is 42.5 Å². The Hall–Kier alpha value is -4.28. The number of hydrogen-bond donors (Lipinski definition) is 1. The van der Waals surface area contributed by atoms with Crippen LogP contribution in [-0.2, 0) is 25.6 Å². The summed E-state index contributed by atoms with van der Waals surface area (Å²) in [5.74, 6) is -2.16. The largest absolute Gasteiger partial charge is 0.466 e. The average Bonchev–Trinajstić information content (AvgIpc) is 3.50. The summed E-state index contributed by atoms with van der Waals surface area (Å²) < 4.78 is 11.2. The molecule has 10 heteroatoms. The van der Waals surface area contributed by atoms with Crippen LogP contribution in [0.3, 0.4) is 0 Å². The minimum Gasteiger partial charge on any atom is -0.466 e. The Morgan fingerprint density at radius 1 is 1.02 bits per heavy atom. The molecule has 1 aliphatic rings. The maximum absolute atomic E-state index is 14.0. The fraction of sp³-hybridized carbons (Fsp3) is 0.290. The maximum Gasteiger partial charge on any atom is 0.337 e. The Morgan fingerprint density at radius 2 is 1.73 bits per heavy atom. The highest BCUT2D eigenvalue weighted by Gasteiger charge is 2.39. The first-order valence-corrected chi connectivity index (χ1v) is 14.1. The zero-order chi connectivity index (χ0) is 29.5. The minimum atomic E-state index is -0.916. The molecule has 2 unspecified atom stereocenters. The van der Waals surface area contributed by atoms with Gasteiger partial charge in [-0.3, -0.25) is 10.1 Å². The molecule has 2 atom stereocenters. The number of non-ortho nitro benzene ring substituents is 1. The Kier molecular flexibility index (Phi) is 9.69. The molecule has 0 spiro atoms. The van der Waals surface area contributed by atoms with Gasteiger partial charge in [0.15, 0.2) is 0 Å². The third kappa shape index (κ3) is 7.08. The molecule has 0 saturated heterocycles. The van der Waals surface area contributed by atoms with Crippen LogP contribution < -0.4 is 5.32 Å². The van der Waals surface area contributed by atoms with Crippen LogP contribution in [0.15, 0.2) is 94.7 Å². The number of nitro groups is 1. The molecular weight excluding hydrogens is 542 g/mol. The van der Waals surface area contributed by atoms with Crippen LogP contribution in [0.25, 0.3) is 0 Å². The predicted octanol–water partition coefficient (Wildman–Crippen LogP) is 5.87. The molecule has 214 valence electrons. The van der Waals surface area contributed by atoms with E-state index in [0.717, 1.165) is 11.4 Å². The number of methoxy groups -OCH3 is 1. The summed E-state index contributed by atoms with van der Waals surface area (Å²) in [6.45, 7) is 4.86. The number of carbonyl (C=O) groups is 2. The van der Waals surface area contributed by atoms with E-state index in [-0.39, 0.29) is 16.8 Å². The summed E-state index contributed by atoms with van der Waals surface area (Å²) >= 11 is 1.50. The average molecular weight is 576 g/mol. The molecule has 0 bridgehead atoms. The van der Waals surface area contributed by atoms with Gasteiger partial charge in [-0.15, -0.1) is 11.3 Å². The van der Waals surface area contributed by atoms with E-state index < -0.39 is 28.9 Å². The lowest BCUT2D eigenvalue weighted by Gasteiger charge is -2.31. The lowest BCUT2D eigenvalue weighted by Crippen LogP contribution is -2.33. The van der Waals surface area contributed by atoms with E-state index in [0.29, 0.717) is 29.9 Å². The van der Waals surface area contributed by atoms with Crippen molar-refractivity contribution in [3.05, 3.63) is 121 Å². The standard InChI is InChI=1S/C31H33N3O6S/c1-20-27(30(35)39-4)29(23-12-8-13-24(18-23)34(37)38)28(21(2)32-20)31(36)40-25(26-14-9-17-41-26)15-16-33(3)19-22-10-6-5-7-11-22/h5-14,17-18,25,29,32H,15-16,19H2,1-4H3. The number of hydrogen-bond acceptors (Lipinski definition) is 9. The van der Waals surface area contributed by atoms with E-state index >= 15 is 0 Å². The van der Waals surface area contributed by atoms with E-state index in [1.54, 1.807) is 19.9 Å². The van der Waals surface area contributed by atoms with E-state index in [1.807, 2.05) is 42.8 Å². The molecule has 3 aromatic rings. The molecule has 0 fully saturated rings. The van der Waals surface area contributed by atoms with Crippen molar-refractivity contribution in [3.63, 3.8) is 0 Å². The SMILES string of the molecule is COC(=O)C1=C(C)NC(C)=C(C(=O)OC(CCN(C)Cc2ccccc2)c2cccs2)C1c1cccc([N+](=O)[O-])c1. The van der Waals surface area contributed by atoms with Gasteiger partial charge in [0, 0.05) is 47.9 Å². The first kappa shape index (κ1) is 29.7. The molecule has 1 aliphatic heterocycles. The van der Waals surface area contributed by atoms with Crippen molar-refractivity contribution in [1.82, 2.24) is 10.2 Å². The third-order valence-corrected chi connectivity index (χ3v) is 7.94. The van der Waals surface area contributed by atoms with Crippen LogP contribution in [0.1, 0.15) is 48.3 Å². The number of nitro benzene ring substituents is 1. The molecule has 9 nitrogen and oxygen atoms in total. The smallest absolute Gasteiger partial charge is 0.337 e. The number of carbonyl (C=O) groups excluding carboxylic acids is 2. The van der Waals surface area contributed by atoms with Crippen molar-refractivity contribution in [2.75, 3.05) is 20.7 Å². The Morgan fingerprint density at radius 3 is 2.37 bits per heavy atom. The quantitative estimate of drug-likeness (QED) is 0.172. The zero-order valence-electron chi connectivity index (χ0n) is 23.5. The number of esters is 2. The van der Waals surface area contributed by atoms with Gasteiger partial charge < -0.3 is 19.7 Å². The van der Waals surface area contributed by atoms with Crippen molar-refractivity contribution in [2.24, 2.45) is 0 Å². The number of thiophene rings is 1. The second-order valence-corrected chi connectivity index (χ2v) is 10.9. The summed E-state index contributed by atoms with van der Waals surface area (Å²) in [6.07, 6.45) is 0.0237. The number of nitrogens with one attached hydrogen (secondary N) is 1. The Labute approximate surface area is 243 Å². The summed E-state index contributed by atoms with van der Waals surface area (Å²) in [5, 5.41) is 16.6. The molecule has 1 N–H and O–H groups in total. The molecule has 0 aliphatic carbocycles. The Bertz CT molecular complexity index is 1470. The number of nitrogens with zero attached hydrogens (tertiary/aromatic N) is 2. The topological polar surface area (TPSA) is 111 Å². The van der Waals surface area contributed by atoms with Crippen LogP contribution in [0.4, 0.5) is 5.69 Å². The third-order valence-electron chi connectivity index (χ3n) is 6.98. The predicted molar refractivity (Wildman–Crippen MR) is 157 cm³/mol. The second-order valence-electron chi connectivity index (χ2n) is 9.90. The number of dihydropyridines is 1. The first-order valence-electron chi connectivity index (χ1n) is 13.2. The first-order chi connectivity index (χ1) is 19.7. The fourth-order valence-electron chi connectivity index (χ4n) is 5.03. The van der Waals surface area contributed by atoms with Gasteiger partial charge in [-0.25, -0.2) is 9.59 Å². The van der Waals surface area contributed by atoms with Crippen molar-refractivity contribution < 1.29 is 24.0 Å². The number of allylic oxidation sites excluding steroid dienone is 2. The summed E-state index contributed by atoms with van der Waals surface area (Å²) in [5.41, 5.74) is 2.86. The van der Waals surface area contributed by atoms with Crippen molar-refractivity contribution in [3.8, 4) is 0 Å². The molecule has 1 aromatic heterocycles. The lowest BCUT2D eigenvalue weighted by molar-refractivity contribution is -0.384. The van der Waals surface area contributed by atoms with Gasteiger partial charge in [0.2, 0.25) is 0 Å². The lowest BCUT2D eigenvalue weighted by atomic mass is 9.80. The molecule has 2 aromatic carbocycles. The van der Waals surface area contributed by atoms with Gasteiger partial charge in [-0.05, 0) is 43.5 Å². The van der Waals surface area contributed by atoms with Crippen molar-refractivity contribution >= 4 is 29.0 Å². The fourth-order valence-corrected chi connectivity index (χ4v) is 5.82. The normalized spacial score (nSPS) is 15.9. The van der Waals surface area contributed by atoms with Crippen molar-refractivity contribution in [1.29, 1.82) is 0 Å². The minimum absolute atomic E-state index is 0.147. The molecule has 2 heterocycles. The highest BCUT2D eigenvalue weighted by molar-refractivity contribution is 7.10. The van der Waals surface area contributed by atoms with Crippen molar-refractivity contribution in [2.45, 2.75) is 38.8 Å². The summed E-state index contributed by atoms with van der Waals surface area (Å²) in [6, 6.07) is 19.9. The van der Waals surface area contributed by atoms with Crippen LogP contribution in [0, 0.1) is 10.1 Å². The highest BCUT2D eigenvalue weighted by Crippen LogP contribution is 2.41. The summed E-state index contributed by atoms with van der Waals surface area (Å²) in [4.78, 5) is 41.1. The summed E-state index contributed by atoms with van der Waals surface area (Å²) in [7, 11) is 3.28. The van der Waals surface area contributed by atoms with E-state index in [2.05, 4.69) is 22.3 Å². The van der Waals surface area contributed by atoms with Crippen LogP contribution >= 0.6 is 11.3 Å². The van der Waals surface area contributed by atoms with Gasteiger partial charge in [-0.1, -0.05) is 48.5 Å². The van der Waals surface area contributed by atoms with Gasteiger partial charge in [0.1, 0.15) is 6.10 Å². The van der Waals surface area contributed by atoms with Crippen LogP contribution in [0.2, 0.25) is 0 Å². The molecule has 0 radical (unpaired) electrons. The highest BCUT2D eigenvalue weighted by atomic mass is 32.1.